The number of aromatic nitrogens is 1. The molecule has 7 nitrogen and oxygen atoms in total. The van der Waals surface area contributed by atoms with Gasteiger partial charge in [-0.05, 0) is 61.2 Å². The van der Waals surface area contributed by atoms with Crippen molar-refractivity contribution >= 4 is 23.4 Å². The first-order chi connectivity index (χ1) is 17.3. The van der Waals surface area contributed by atoms with Gasteiger partial charge in [0.05, 0.1) is 23.8 Å². The monoisotopic (exact) mass is 484 g/mol. The third kappa shape index (κ3) is 4.91. The van der Waals surface area contributed by atoms with Crippen LogP contribution in [0.15, 0.2) is 72.6 Å². The molecule has 3 aromatic rings. The normalized spacial score (nSPS) is 16.9. The van der Waals surface area contributed by atoms with Gasteiger partial charge in [-0.3, -0.25) is 14.6 Å². The number of carbonyl (C=O) groups is 3. The molecular weight excluding hydrogens is 456 g/mol. The van der Waals surface area contributed by atoms with Crippen molar-refractivity contribution in [2.45, 2.75) is 39.8 Å². The van der Waals surface area contributed by atoms with Crippen LogP contribution in [0.2, 0.25) is 0 Å². The van der Waals surface area contributed by atoms with Crippen molar-refractivity contribution in [3.05, 3.63) is 106 Å². The van der Waals surface area contributed by atoms with E-state index >= 15 is 0 Å². The number of ether oxygens (including phenoxy) is 1. The second-order valence-corrected chi connectivity index (χ2v) is 8.86. The number of aliphatic hydroxyl groups is 1. The lowest BCUT2D eigenvalue weighted by atomic mass is 9.94. The lowest BCUT2D eigenvalue weighted by Crippen LogP contribution is -2.29. The number of hydrogen-bond acceptors (Lipinski definition) is 6. The van der Waals surface area contributed by atoms with E-state index in [1.807, 2.05) is 32.9 Å². The number of hydrogen-bond donors (Lipinski definition) is 1. The first-order valence-corrected chi connectivity index (χ1v) is 11.8. The number of Topliss-reactive ketones (excluding diaryl/α,β-unsaturated/α-hetero) is 1. The summed E-state index contributed by atoms with van der Waals surface area (Å²) in [5.74, 6) is -2.07. The van der Waals surface area contributed by atoms with Gasteiger partial charge < -0.3 is 14.7 Å². The average molecular weight is 485 g/mol. The summed E-state index contributed by atoms with van der Waals surface area (Å²) < 4.78 is 5.17. The SMILES string of the molecule is CCCOC(=O)c1ccc(CN2C(=O)C(=O)/C(=C(/O)c3cc(C)ccc3C)C2c2cccnc2)cc1. The molecule has 1 saturated heterocycles. The van der Waals surface area contributed by atoms with Gasteiger partial charge in [0.25, 0.3) is 11.7 Å². The van der Waals surface area contributed by atoms with Crippen LogP contribution in [0.3, 0.4) is 0 Å². The smallest absolute Gasteiger partial charge is 0.338 e. The van der Waals surface area contributed by atoms with E-state index < -0.39 is 23.7 Å². The molecule has 0 bridgehead atoms. The van der Waals surface area contributed by atoms with E-state index in [0.29, 0.717) is 23.3 Å². The largest absolute Gasteiger partial charge is 0.507 e. The fourth-order valence-electron chi connectivity index (χ4n) is 4.28. The van der Waals surface area contributed by atoms with Crippen LogP contribution in [0.25, 0.3) is 5.76 Å². The van der Waals surface area contributed by atoms with Crippen LogP contribution < -0.4 is 0 Å². The molecule has 1 aliphatic rings. The summed E-state index contributed by atoms with van der Waals surface area (Å²) in [6.07, 6.45) is 3.93. The zero-order valence-corrected chi connectivity index (χ0v) is 20.5. The van der Waals surface area contributed by atoms with Gasteiger partial charge >= 0.3 is 5.97 Å². The standard InChI is InChI=1S/C29H28N2O5/c1-4-14-36-29(35)21-11-9-20(10-12-21)17-31-25(22-6-5-13-30-16-22)24(27(33)28(31)34)26(32)23-15-18(2)7-8-19(23)3/h5-13,15-16,25,32H,4,14,17H2,1-3H3/b26-24+. The summed E-state index contributed by atoms with van der Waals surface area (Å²) >= 11 is 0. The highest BCUT2D eigenvalue weighted by molar-refractivity contribution is 6.46. The fourth-order valence-corrected chi connectivity index (χ4v) is 4.28. The number of benzene rings is 2. The number of amides is 1. The van der Waals surface area contributed by atoms with Crippen LogP contribution in [-0.2, 0) is 20.9 Å². The zero-order chi connectivity index (χ0) is 25.8. The van der Waals surface area contributed by atoms with Gasteiger partial charge in [0.2, 0.25) is 0 Å². The van der Waals surface area contributed by atoms with Crippen molar-refractivity contribution in [2.75, 3.05) is 6.61 Å². The van der Waals surface area contributed by atoms with Crippen molar-refractivity contribution in [1.82, 2.24) is 9.88 Å². The number of carbonyl (C=O) groups excluding carboxylic acids is 3. The Morgan fingerprint density at radius 2 is 1.83 bits per heavy atom. The predicted octanol–water partition coefficient (Wildman–Crippen LogP) is 4.89. The molecule has 0 aliphatic carbocycles. The molecular formula is C29H28N2O5. The molecule has 7 heteroatoms. The van der Waals surface area contributed by atoms with Crippen LogP contribution in [0.4, 0.5) is 0 Å². The number of rotatable bonds is 7. The molecule has 1 N–H and O–H groups in total. The van der Waals surface area contributed by atoms with E-state index in [1.165, 1.54) is 4.90 Å². The van der Waals surface area contributed by atoms with Crippen LogP contribution in [0.1, 0.15) is 57.6 Å². The Morgan fingerprint density at radius 3 is 2.50 bits per heavy atom. The molecule has 0 spiro atoms. The number of esters is 1. The Labute approximate surface area is 210 Å². The van der Waals surface area contributed by atoms with Crippen LogP contribution in [0.5, 0.6) is 0 Å². The number of nitrogens with zero attached hydrogens (tertiary/aromatic N) is 2. The molecule has 36 heavy (non-hydrogen) atoms. The second kappa shape index (κ2) is 10.6. The van der Waals surface area contributed by atoms with Gasteiger partial charge in [-0.2, -0.15) is 0 Å². The number of aliphatic hydroxyl groups excluding tert-OH is 1. The third-order valence-electron chi connectivity index (χ3n) is 6.17. The van der Waals surface area contributed by atoms with E-state index in [1.54, 1.807) is 54.9 Å². The maximum Gasteiger partial charge on any atom is 0.338 e. The van der Waals surface area contributed by atoms with Gasteiger partial charge in [-0.15, -0.1) is 0 Å². The Kier molecular flexibility index (Phi) is 7.29. The first-order valence-electron chi connectivity index (χ1n) is 11.8. The molecule has 1 fully saturated rings. The number of ketones is 1. The maximum absolute atomic E-state index is 13.3. The lowest BCUT2D eigenvalue weighted by Gasteiger charge is -2.25. The molecule has 2 aromatic carbocycles. The van der Waals surface area contributed by atoms with Crippen molar-refractivity contribution in [1.29, 1.82) is 0 Å². The third-order valence-corrected chi connectivity index (χ3v) is 6.17. The van der Waals surface area contributed by atoms with Crippen molar-refractivity contribution in [3.63, 3.8) is 0 Å². The maximum atomic E-state index is 13.3. The van der Waals surface area contributed by atoms with Crippen molar-refractivity contribution in [3.8, 4) is 0 Å². The molecule has 0 radical (unpaired) electrons. The Morgan fingerprint density at radius 1 is 1.08 bits per heavy atom. The summed E-state index contributed by atoms with van der Waals surface area (Å²) in [5.41, 5.74) is 4.01. The molecule has 1 atom stereocenters. The quantitative estimate of drug-likeness (QED) is 0.222. The van der Waals surface area contributed by atoms with Gasteiger partial charge in [0, 0.05) is 24.5 Å². The van der Waals surface area contributed by atoms with Gasteiger partial charge in [-0.25, -0.2) is 4.79 Å². The molecule has 1 aromatic heterocycles. The summed E-state index contributed by atoms with van der Waals surface area (Å²) in [7, 11) is 0. The lowest BCUT2D eigenvalue weighted by molar-refractivity contribution is -0.140. The number of aryl methyl sites for hydroxylation is 2. The topological polar surface area (TPSA) is 96.8 Å². The Balaban J connectivity index is 1.74. The number of pyridine rings is 1. The highest BCUT2D eigenvalue weighted by Gasteiger charge is 2.46. The van der Waals surface area contributed by atoms with E-state index in [9.17, 15) is 19.5 Å². The minimum Gasteiger partial charge on any atom is -0.507 e. The first kappa shape index (κ1) is 24.9. The van der Waals surface area contributed by atoms with Crippen LogP contribution in [0, 0.1) is 13.8 Å². The Hall–Kier alpha value is -4.26. The highest BCUT2D eigenvalue weighted by atomic mass is 16.5. The van der Waals surface area contributed by atoms with Gasteiger partial charge in [0.1, 0.15) is 5.76 Å². The molecule has 4 rings (SSSR count). The summed E-state index contributed by atoms with van der Waals surface area (Å²) in [4.78, 5) is 44.2. The highest BCUT2D eigenvalue weighted by Crippen LogP contribution is 2.40. The zero-order valence-electron chi connectivity index (χ0n) is 20.5. The van der Waals surface area contributed by atoms with Gasteiger partial charge in [-0.1, -0.05) is 42.8 Å². The summed E-state index contributed by atoms with van der Waals surface area (Å²) in [6, 6.07) is 15.0. The van der Waals surface area contributed by atoms with Crippen LogP contribution >= 0.6 is 0 Å². The predicted molar refractivity (Wildman–Crippen MR) is 135 cm³/mol. The minimum atomic E-state index is -0.812. The molecule has 1 aliphatic heterocycles. The molecule has 184 valence electrons. The van der Waals surface area contributed by atoms with E-state index in [2.05, 4.69) is 4.98 Å². The average Bonchev–Trinajstić information content (AvgIpc) is 3.14. The molecule has 0 saturated carbocycles. The molecule has 2 heterocycles. The Bertz CT molecular complexity index is 1330. The summed E-state index contributed by atoms with van der Waals surface area (Å²) in [5, 5.41) is 11.3. The van der Waals surface area contributed by atoms with Gasteiger partial charge in [0.15, 0.2) is 0 Å². The second-order valence-electron chi connectivity index (χ2n) is 8.86. The number of likely N-dealkylation sites (tertiary alicyclic amines) is 1. The van der Waals surface area contributed by atoms with E-state index in [4.69, 9.17) is 4.74 Å². The molecule has 1 amide bonds. The van der Waals surface area contributed by atoms with E-state index in [0.717, 1.165) is 23.1 Å². The minimum absolute atomic E-state index is 0.0291. The van der Waals surface area contributed by atoms with E-state index in [-0.39, 0.29) is 17.9 Å². The van der Waals surface area contributed by atoms with Crippen LogP contribution in [-0.4, -0.2) is 39.3 Å². The fraction of sp³-hybridized carbons (Fsp3) is 0.241. The summed E-state index contributed by atoms with van der Waals surface area (Å²) in [6.45, 7) is 6.12. The molecule has 1 unspecified atom stereocenters. The van der Waals surface area contributed by atoms with Crippen molar-refractivity contribution in [2.24, 2.45) is 0 Å². The van der Waals surface area contributed by atoms with Crippen molar-refractivity contribution < 1.29 is 24.2 Å².